The quantitative estimate of drug-likeness (QED) is 0.828. The van der Waals surface area contributed by atoms with Gasteiger partial charge in [-0.05, 0) is 49.1 Å². The third kappa shape index (κ3) is 3.22. The average Bonchev–Trinajstić information content (AvgIpc) is 3.00. The van der Waals surface area contributed by atoms with Crippen molar-refractivity contribution in [3.8, 4) is 11.5 Å². The number of hydrogen-bond acceptors (Lipinski definition) is 5. The number of carbonyl (C=O) groups is 1. The number of nitrogens with zero attached hydrogens (tertiary/aromatic N) is 1. The topological polar surface area (TPSA) is 59.0 Å². The van der Waals surface area contributed by atoms with Gasteiger partial charge in [-0.1, -0.05) is 12.8 Å². The van der Waals surface area contributed by atoms with E-state index in [9.17, 15) is 9.90 Å². The molecule has 1 aliphatic carbocycles. The van der Waals surface area contributed by atoms with Crippen molar-refractivity contribution in [2.75, 3.05) is 19.5 Å². The monoisotopic (exact) mass is 363 g/mol. The molecule has 1 saturated carbocycles. The van der Waals surface area contributed by atoms with Gasteiger partial charge in [0.1, 0.15) is 19.3 Å². The van der Waals surface area contributed by atoms with Crippen LogP contribution in [-0.2, 0) is 11.3 Å². The van der Waals surface area contributed by atoms with Gasteiger partial charge >= 0.3 is 5.97 Å². The summed E-state index contributed by atoms with van der Waals surface area (Å²) < 4.78 is 11.4. The van der Waals surface area contributed by atoms with Crippen molar-refractivity contribution in [3.63, 3.8) is 0 Å². The summed E-state index contributed by atoms with van der Waals surface area (Å²) in [4.78, 5) is 15.2. The van der Waals surface area contributed by atoms with Crippen molar-refractivity contribution in [1.82, 2.24) is 4.90 Å². The van der Waals surface area contributed by atoms with E-state index >= 15 is 0 Å². The third-order valence-corrected chi connectivity index (χ3v) is 6.62. The van der Waals surface area contributed by atoms with Crippen molar-refractivity contribution in [2.24, 2.45) is 5.92 Å². The van der Waals surface area contributed by atoms with Crippen LogP contribution in [0, 0.1) is 5.92 Å². The molecule has 0 spiro atoms. The fourth-order valence-corrected chi connectivity index (χ4v) is 5.26. The summed E-state index contributed by atoms with van der Waals surface area (Å²) in [7, 11) is 0. The lowest BCUT2D eigenvalue weighted by Gasteiger charge is -2.33. The minimum absolute atomic E-state index is 0.365. The minimum atomic E-state index is -0.683. The summed E-state index contributed by atoms with van der Waals surface area (Å²) in [6.45, 7) is 1.82. The zero-order valence-corrected chi connectivity index (χ0v) is 15.4. The Morgan fingerprint density at radius 1 is 1.24 bits per heavy atom. The minimum Gasteiger partial charge on any atom is -0.486 e. The molecule has 5 nitrogen and oxygen atoms in total. The Bertz CT molecular complexity index is 665. The van der Waals surface area contributed by atoms with Gasteiger partial charge in [-0.2, -0.15) is 0 Å². The highest BCUT2D eigenvalue weighted by Gasteiger charge is 2.45. The first kappa shape index (κ1) is 17.0. The molecule has 4 rings (SSSR count). The van der Waals surface area contributed by atoms with Gasteiger partial charge in [-0.15, -0.1) is 11.8 Å². The van der Waals surface area contributed by atoms with Crippen molar-refractivity contribution in [1.29, 1.82) is 0 Å². The maximum atomic E-state index is 11.8. The Balaban J connectivity index is 1.64. The van der Waals surface area contributed by atoms with Crippen LogP contribution in [0.2, 0.25) is 0 Å². The molecule has 25 heavy (non-hydrogen) atoms. The summed E-state index contributed by atoms with van der Waals surface area (Å²) >= 11 is 1.68. The van der Waals surface area contributed by atoms with Gasteiger partial charge in [0.25, 0.3) is 0 Å². The van der Waals surface area contributed by atoms with E-state index in [0.717, 1.165) is 34.8 Å². The van der Waals surface area contributed by atoms with Gasteiger partial charge in [-0.25, -0.2) is 0 Å². The number of carboxylic acids is 1. The molecule has 2 aliphatic heterocycles. The van der Waals surface area contributed by atoms with E-state index in [1.807, 2.05) is 6.07 Å². The molecule has 3 unspecified atom stereocenters. The number of benzene rings is 1. The second-order valence-corrected chi connectivity index (χ2v) is 8.03. The number of fused-ring (bicyclic) bond motifs is 2. The van der Waals surface area contributed by atoms with Crippen molar-refractivity contribution in [3.05, 3.63) is 17.7 Å². The molecule has 1 N–H and O–H groups in total. The van der Waals surface area contributed by atoms with E-state index in [0.29, 0.717) is 31.7 Å². The fraction of sp³-hybridized carbons (Fsp3) is 0.632. The fourth-order valence-electron chi connectivity index (χ4n) is 4.65. The maximum absolute atomic E-state index is 11.8. The first-order chi connectivity index (χ1) is 12.2. The summed E-state index contributed by atoms with van der Waals surface area (Å²) in [5, 5.41) is 9.74. The van der Waals surface area contributed by atoms with Crippen molar-refractivity contribution >= 4 is 17.7 Å². The highest BCUT2D eigenvalue weighted by molar-refractivity contribution is 7.98. The van der Waals surface area contributed by atoms with Crippen LogP contribution in [0.1, 0.15) is 37.7 Å². The number of carboxylic acid groups (broad SMARTS) is 1. The zero-order chi connectivity index (χ0) is 17.4. The van der Waals surface area contributed by atoms with Crippen LogP contribution in [0.15, 0.2) is 17.0 Å². The van der Waals surface area contributed by atoms with Crippen LogP contribution >= 0.6 is 11.8 Å². The summed E-state index contributed by atoms with van der Waals surface area (Å²) in [6.07, 6.45) is 7.58. The van der Waals surface area contributed by atoms with E-state index in [4.69, 9.17) is 9.47 Å². The van der Waals surface area contributed by atoms with Crippen LogP contribution < -0.4 is 9.47 Å². The molecule has 2 fully saturated rings. The summed E-state index contributed by atoms with van der Waals surface area (Å²) in [6, 6.07) is 4.13. The summed E-state index contributed by atoms with van der Waals surface area (Å²) in [5.74, 6) is 1.43. The first-order valence-corrected chi connectivity index (χ1v) is 10.3. The van der Waals surface area contributed by atoms with Gasteiger partial charge in [0.2, 0.25) is 0 Å². The molecule has 0 amide bonds. The molecule has 1 aromatic carbocycles. The Kier molecular flexibility index (Phi) is 4.82. The van der Waals surface area contributed by atoms with E-state index in [1.165, 1.54) is 19.3 Å². The van der Waals surface area contributed by atoms with E-state index in [-0.39, 0.29) is 6.04 Å². The zero-order valence-electron chi connectivity index (χ0n) is 14.6. The number of rotatable bonds is 4. The molecular weight excluding hydrogens is 338 g/mol. The van der Waals surface area contributed by atoms with Gasteiger partial charge in [-0.3, -0.25) is 9.69 Å². The van der Waals surface area contributed by atoms with Crippen LogP contribution in [-0.4, -0.2) is 47.5 Å². The number of thioether (sulfide) groups is 1. The largest absolute Gasteiger partial charge is 0.486 e. The molecule has 136 valence electrons. The van der Waals surface area contributed by atoms with Crippen molar-refractivity contribution in [2.45, 2.75) is 55.6 Å². The Labute approximate surface area is 152 Å². The number of aliphatic carboxylic acids is 1. The van der Waals surface area contributed by atoms with Crippen molar-refractivity contribution < 1.29 is 19.4 Å². The second-order valence-electron chi connectivity index (χ2n) is 7.18. The van der Waals surface area contributed by atoms with Gasteiger partial charge in [0.05, 0.1) is 0 Å². The van der Waals surface area contributed by atoms with E-state index < -0.39 is 5.97 Å². The molecule has 0 bridgehead atoms. The lowest BCUT2D eigenvalue weighted by molar-refractivity contribution is -0.142. The van der Waals surface area contributed by atoms with Gasteiger partial charge < -0.3 is 14.6 Å². The lowest BCUT2D eigenvalue weighted by atomic mass is 9.84. The molecule has 0 aromatic heterocycles. The van der Waals surface area contributed by atoms with Crippen LogP contribution in [0.3, 0.4) is 0 Å². The predicted octanol–water partition coefficient (Wildman–Crippen LogP) is 3.40. The third-order valence-electron chi connectivity index (χ3n) is 5.80. The van der Waals surface area contributed by atoms with Crippen LogP contribution in [0.5, 0.6) is 11.5 Å². The average molecular weight is 363 g/mol. The lowest BCUT2D eigenvalue weighted by Crippen LogP contribution is -2.41. The van der Waals surface area contributed by atoms with E-state index in [2.05, 4.69) is 17.2 Å². The SMILES string of the molecule is CSc1cc2c(cc1CN1C(C(=O)O)CC3CCCCC31)OCCO2. The maximum Gasteiger partial charge on any atom is 0.320 e. The Hall–Kier alpha value is -1.40. The smallest absolute Gasteiger partial charge is 0.320 e. The van der Waals surface area contributed by atoms with Crippen LogP contribution in [0.25, 0.3) is 0 Å². The first-order valence-electron chi connectivity index (χ1n) is 9.12. The molecule has 2 heterocycles. The molecule has 6 heteroatoms. The number of ether oxygens (including phenoxy) is 2. The van der Waals surface area contributed by atoms with E-state index in [1.54, 1.807) is 11.8 Å². The predicted molar refractivity (Wildman–Crippen MR) is 96.5 cm³/mol. The molecule has 1 saturated heterocycles. The normalized spacial score (nSPS) is 28.6. The molecule has 3 aliphatic rings. The highest BCUT2D eigenvalue weighted by atomic mass is 32.2. The number of likely N-dealkylation sites (tertiary alicyclic amines) is 1. The summed E-state index contributed by atoms with van der Waals surface area (Å²) in [5.41, 5.74) is 1.15. The van der Waals surface area contributed by atoms with Crippen LogP contribution in [0.4, 0.5) is 0 Å². The number of hydrogen-bond donors (Lipinski definition) is 1. The molecule has 3 atom stereocenters. The van der Waals surface area contributed by atoms with Gasteiger partial charge in [0.15, 0.2) is 11.5 Å². The standard InChI is InChI=1S/C19H25NO4S/c1-25-18-10-17-16(23-6-7-24-17)9-13(18)11-20-14-5-3-2-4-12(14)8-15(20)19(21)22/h9-10,12,14-15H,2-8,11H2,1H3,(H,21,22). The Morgan fingerprint density at radius 2 is 1.96 bits per heavy atom. The molecule has 0 radical (unpaired) electrons. The second kappa shape index (κ2) is 7.08. The van der Waals surface area contributed by atoms with Gasteiger partial charge in [0, 0.05) is 17.5 Å². The highest BCUT2D eigenvalue weighted by Crippen LogP contribution is 2.43. The Morgan fingerprint density at radius 3 is 2.68 bits per heavy atom. The molecular formula is C19H25NO4S. The molecule has 1 aromatic rings.